The van der Waals surface area contributed by atoms with Crippen molar-refractivity contribution in [2.75, 3.05) is 14.2 Å². The van der Waals surface area contributed by atoms with Crippen molar-refractivity contribution in [2.24, 2.45) is 5.41 Å². The predicted molar refractivity (Wildman–Crippen MR) is 66.2 cm³/mol. The molecule has 0 bridgehead atoms. The number of carbonyl (C=O) groups excluding carboxylic acids is 1. The molecule has 0 N–H and O–H groups in total. The van der Waals surface area contributed by atoms with Gasteiger partial charge in [-0.2, -0.15) is 0 Å². The van der Waals surface area contributed by atoms with Gasteiger partial charge in [-0.1, -0.05) is 0 Å². The summed E-state index contributed by atoms with van der Waals surface area (Å²) in [5.74, 6) is -0.0136. The molecule has 2 rings (SSSR count). The smallest absolute Gasteiger partial charge is 0.224 e. The van der Waals surface area contributed by atoms with Crippen LogP contribution >= 0.6 is 0 Å². The highest BCUT2D eigenvalue weighted by atomic mass is 16.5. The summed E-state index contributed by atoms with van der Waals surface area (Å²) in [6.45, 7) is 4.18. The summed E-state index contributed by atoms with van der Waals surface area (Å²) < 4.78 is 12.2. The van der Waals surface area contributed by atoms with Gasteiger partial charge in [0.25, 0.3) is 0 Å². The zero-order valence-corrected chi connectivity index (χ0v) is 11.0. The average molecular weight is 251 g/mol. The van der Waals surface area contributed by atoms with Crippen LogP contribution in [-0.2, 0) is 11.3 Å². The maximum absolute atomic E-state index is 12.5. The van der Waals surface area contributed by atoms with E-state index in [4.69, 9.17) is 9.47 Å². The van der Waals surface area contributed by atoms with Crippen molar-refractivity contribution in [1.29, 1.82) is 0 Å². The van der Waals surface area contributed by atoms with Crippen molar-refractivity contribution >= 4 is 5.78 Å². The number of pyridine rings is 1. The van der Waals surface area contributed by atoms with Crippen molar-refractivity contribution < 1.29 is 14.3 Å². The number of nitrogens with zero attached hydrogens (tertiary/aromatic N) is 1. The molecule has 1 aliphatic heterocycles. The molecule has 1 aromatic heterocycles. The average Bonchev–Trinajstić information content (AvgIpc) is 2.34. The number of hydrogen-bond donors (Lipinski definition) is 0. The molecule has 5 nitrogen and oxygen atoms in total. The van der Waals surface area contributed by atoms with Gasteiger partial charge in [-0.25, -0.2) is 0 Å². The Balaban J connectivity index is 2.68. The Kier molecular flexibility index (Phi) is 3.02. The number of fused-ring (bicyclic) bond motifs is 1. The van der Waals surface area contributed by atoms with E-state index in [2.05, 4.69) is 0 Å². The van der Waals surface area contributed by atoms with E-state index in [0.29, 0.717) is 12.2 Å². The van der Waals surface area contributed by atoms with E-state index < -0.39 is 5.41 Å². The van der Waals surface area contributed by atoms with Gasteiger partial charge in [-0.3, -0.25) is 9.59 Å². The van der Waals surface area contributed by atoms with Crippen LogP contribution in [0, 0.1) is 5.41 Å². The van der Waals surface area contributed by atoms with Crippen molar-refractivity contribution in [3.8, 4) is 5.75 Å². The van der Waals surface area contributed by atoms with Gasteiger partial charge < -0.3 is 14.0 Å². The summed E-state index contributed by atoms with van der Waals surface area (Å²) in [7, 11) is 2.99. The van der Waals surface area contributed by atoms with Crippen LogP contribution < -0.4 is 10.2 Å². The lowest BCUT2D eigenvalue weighted by atomic mass is 9.77. The number of rotatable bonds is 2. The van der Waals surface area contributed by atoms with Crippen LogP contribution in [0.2, 0.25) is 0 Å². The monoisotopic (exact) mass is 251 g/mol. The minimum absolute atomic E-state index is 0.116. The Hall–Kier alpha value is -1.62. The fourth-order valence-electron chi connectivity index (χ4n) is 2.37. The Labute approximate surface area is 105 Å². The van der Waals surface area contributed by atoms with E-state index in [1.807, 2.05) is 13.8 Å². The summed E-state index contributed by atoms with van der Waals surface area (Å²) in [5, 5.41) is 0. The summed E-state index contributed by atoms with van der Waals surface area (Å²) in [6.07, 6.45) is 1.39. The minimum Gasteiger partial charge on any atom is -0.491 e. The normalized spacial score (nSPS) is 21.6. The van der Waals surface area contributed by atoms with Crippen LogP contribution in [0.4, 0.5) is 0 Å². The fraction of sp³-hybridized carbons (Fsp3) is 0.538. The second kappa shape index (κ2) is 4.24. The Morgan fingerprint density at radius 1 is 1.33 bits per heavy atom. The lowest BCUT2D eigenvalue weighted by Crippen LogP contribution is -2.47. The highest BCUT2D eigenvalue weighted by molar-refractivity contribution is 6.02. The summed E-state index contributed by atoms with van der Waals surface area (Å²) in [5.41, 5.74) is -0.609. The molecular weight excluding hydrogens is 234 g/mol. The van der Waals surface area contributed by atoms with Gasteiger partial charge in [0.2, 0.25) is 5.43 Å². The van der Waals surface area contributed by atoms with Gasteiger partial charge in [-0.05, 0) is 13.8 Å². The second-order valence-electron chi connectivity index (χ2n) is 4.99. The quantitative estimate of drug-likeness (QED) is 0.789. The van der Waals surface area contributed by atoms with Crippen molar-refractivity contribution in [2.45, 2.75) is 26.5 Å². The standard InChI is InChI=1S/C13H17NO4/c1-13(2)9(17-3)7-14-6-5-8(15)11(18-4)10(14)12(13)16/h5-6,9H,7H2,1-4H3. The SMILES string of the molecule is COc1c2n(ccc1=O)CC(OC)C(C)(C)C2=O. The number of carbonyl (C=O) groups is 1. The number of hydrogen-bond acceptors (Lipinski definition) is 4. The number of methoxy groups -OCH3 is 2. The number of aromatic nitrogens is 1. The zero-order chi connectivity index (χ0) is 13.5. The van der Waals surface area contributed by atoms with E-state index >= 15 is 0 Å². The Morgan fingerprint density at radius 3 is 2.56 bits per heavy atom. The molecule has 98 valence electrons. The summed E-state index contributed by atoms with van der Waals surface area (Å²) in [6, 6.07) is 1.40. The maximum Gasteiger partial charge on any atom is 0.224 e. The molecule has 0 amide bonds. The van der Waals surface area contributed by atoms with E-state index in [9.17, 15) is 9.59 Å². The summed E-state index contributed by atoms with van der Waals surface area (Å²) in [4.78, 5) is 24.2. The topological polar surface area (TPSA) is 57.5 Å². The van der Waals surface area contributed by atoms with Gasteiger partial charge >= 0.3 is 0 Å². The molecule has 0 aromatic carbocycles. The van der Waals surface area contributed by atoms with E-state index in [1.165, 1.54) is 13.2 Å². The number of Topliss-reactive ketones (excluding diaryl/α,β-unsaturated/α-hetero) is 1. The van der Waals surface area contributed by atoms with E-state index in [0.717, 1.165) is 0 Å². The molecule has 1 aromatic rings. The predicted octanol–water partition coefficient (Wildman–Crippen LogP) is 1.09. The first-order valence-electron chi connectivity index (χ1n) is 5.78. The summed E-state index contributed by atoms with van der Waals surface area (Å²) >= 11 is 0. The lowest BCUT2D eigenvalue weighted by Gasteiger charge is -2.38. The number of ether oxygens (including phenoxy) is 2. The molecule has 1 aliphatic rings. The molecule has 0 saturated carbocycles. The molecule has 1 unspecified atom stereocenters. The van der Waals surface area contributed by atoms with Crippen LogP contribution in [0.3, 0.4) is 0 Å². The van der Waals surface area contributed by atoms with Crippen LogP contribution in [0.1, 0.15) is 24.3 Å². The molecule has 5 heteroatoms. The highest BCUT2D eigenvalue weighted by Crippen LogP contribution is 2.35. The van der Waals surface area contributed by atoms with E-state index in [1.54, 1.807) is 17.9 Å². The molecule has 0 saturated heterocycles. The largest absolute Gasteiger partial charge is 0.491 e. The zero-order valence-electron chi connectivity index (χ0n) is 11.0. The van der Waals surface area contributed by atoms with Gasteiger partial charge in [-0.15, -0.1) is 0 Å². The van der Waals surface area contributed by atoms with E-state index in [-0.39, 0.29) is 23.1 Å². The molecule has 0 radical (unpaired) electrons. The first kappa shape index (κ1) is 12.8. The van der Waals surface area contributed by atoms with Gasteiger partial charge in [0.15, 0.2) is 11.5 Å². The third kappa shape index (κ3) is 1.66. The van der Waals surface area contributed by atoms with Gasteiger partial charge in [0.1, 0.15) is 5.69 Å². The first-order valence-corrected chi connectivity index (χ1v) is 5.78. The van der Waals surface area contributed by atoms with Crippen molar-refractivity contribution in [3.63, 3.8) is 0 Å². The molecule has 0 fully saturated rings. The third-order valence-corrected chi connectivity index (χ3v) is 3.59. The molecular formula is C13H17NO4. The Morgan fingerprint density at radius 2 is 2.00 bits per heavy atom. The van der Waals surface area contributed by atoms with Crippen LogP contribution in [-0.4, -0.2) is 30.7 Å². The molecule has 0 spiro atoms. The first-order chi connectivity index (χ1) is 8.43. The van der Waals surface area contributed by atoms with Gasteiger partial charge in [0.05, 0.1) is 25.2 Å². The van der Waals surface area contributed by atoms with Crippen molar-refractivity contribution in [3.05, 3.63) is 28.2 Å². The lowest BCUT2D eigenvalue weighted by molar-refractivity contribution is -0.00724. The fourth-order valence-corrected chi connectivity index (χ4v) is 2.37. The highest BCUT2D eigenvalue weighted by Gasteiger charge is 2.44. The molecule has 18 heavy (non-hydrogen) atoms. The van der Waals surface area contributed by atoms with Crippen LogP contribution in [0.15, 0.2) is 17.1 Å². The van der Waals surface area contributed by atoms with Crippen LogP contribution in [0.25, 0.3) is 0 Å². The maximum atomic E-state index is 12.5. The molecule has 2 heterocycles. The minimum atomic E-state index is -0.671. The van der Waals surface area contributed by atoms with Crippen LogP contribution in [0.5, 0.6) is 5.75 Å². The molecule has 1 atom stereocenters. The second-order valence-corrected chi connectivity index (χ2v) is 4.99. The van der Waals surface area contributed by atoms with Gasteiger partial charge in [0, 0.05) is 19.4 Å². The Bertz CT molecular complexity index is 544. The molecule has 0 aliphatic carbocycles. The third-order valence-electron chi connectivity index (χ3n) is 3.59. The number of ketones is 1. The van der Waals surface area contributed by atoms with Crippen molar-refractivity contribution in [1.82, 2.24) is 4.57 Å².